The Bertz CT molecular complexity index is 354. The average molecular weight is 276 g/mol. The van der Waals surface area contributed by atoms with Crippen LogP contribution in [0.3, 0.4) is 0 Å². The lowest BCUT2D eigenvalue weighted by atomic mass is 10.2. The first-order chi connectivity index (χ1) is 8.24. The van der Waals surface area contributed by atoms with Crippen LogP contribution in [0.5, 0.6) is 0 Å². The molecular formula is C12H18ClNO2S. The molecule has 1 aromatic heterocycles. The van der Waals surface area contributed by atoms with E-state index in [1.807, 2.05) is 11.4 Å². The zero-order valence-corrected chi connectivity index (χ0v) is 11.8. The van der Waals surface area contributed by atoms with Crippen molar-refractivity contribution in [2.75, 3.05) is 32.7 Å². The van der Waals surface area contributed by atoms with Crippen molar-refractivity contribution in [3.8, 4) is 0 Å². The zero-order valence-electron chi connectivity index (χ0n) is 10.2. The lowest BCUT2D eigenvalue weighted by Crippen LogP contribution is -2.35. The molecule has 0 N–H and O–H groups in total. The molecule has 0 bridgehead atoms. The number of carbonyl (C=O) groups excluding carboxylic acids is 1. The van der Waals surface area contributed by atoms with Crippen LogP contribution in [-0.2, 0) is 11.2 Å². The summed E-state index contributed by atoms with van der Waals surface area (Å²) >= 11 is 7.22. The third-order valence-electron chi connectivity index (χ3n) is 2.53. The molecule has 0 aliphatic rings. The molecular weight excluding hydrogens is 258 g/mol. The van der Waals surface area contributed by atoms with Gasteiger partial charge in [-0.15, -0.1) is 22.9 Å². The number of amides is 1. The number of methoxy groups -OCH3 is 1. The number of rotatable bonds is 7. The maximum Gasteiger partial charge on any atom is 0.264 e. The van der Waals surface area contributed by atoms with Crippen LogP contribution in [0.15, 0.2) is 11.4 Å². The Hall–Kier alpha value is -0.580. The van der Waals surface area contributed by atoms with Crippen LogP contribution in [0.2, 0.25) is 0 Å². The summed E-state index contributed by atoms with van der Waals surface area (Å²) in [7, 11) is 1.63. The lowest BCUT2D eigenvalue weighted by molar-refractivity contribution is 0.0711. The number of alkyl halides is 1. The van der Waals surface area contributed by atoms with Crippen molar-refractivity contribution in [2.45, 2.75) is 13.3 Å². The van der Waals surface area contributed by atoms with E-state index < -0.39 is 0 Å². The first kappa shape index (κ1) is 14.5. The fourth-order valence-corrected chi connectivity index (χ4v) is 2.73. The van der Waals surface area contributed by atoms with Gasteiger partial charge in [-0.05, 0) is 23.4 Å². The number of carbonyl (C=O) groups is 1. The quantitative estimate of drug-likeness (QED) is 0.716. The highest BCUT2D eigenvalue weighted by atomic mass is 35.5. The Morgan fingerprint density at radius 1 is 1.53 bits per heavy atom. The molecule has 1 rings (SSSR count). The second-order valence-corrected chi connectivity index (χ2v) is 4.90. The fourth-order valence-electron chi connectivity index (χ4n) is 1.56. The predicted molar refractivity (Wildman–Crippen MR) is 72.2 cm³/mol. The summed E-state index contributed by atoms with van der Waals surface area (Å²) in [5, 5.41) is 1.96. The number of ether oxygens (including phenoxy) is 1. The number of hydrogen-bond acceptors (Lipinski definition) is 3. The molecule has 0 aliphatic carbocycles. The van der Waals surface area contributed by atoms with Crippen molar-refractivity contribution in [2.24, 2.45) is 0 Å². The Balaban J connectivity index is 2.76. The summed E-state index contributed by atoms with van der Waals surface area (Å²) < 4.78 is 5.01. The van der Waals surface area contributed by atoms with Crippen molar-refractivity contribution in [3.05, 3.63) is 21.9 Å². The van der Waals surface area contributed by atoms with Crippen molar-refractivity contribution in [1.29, 1.82) is 0 Å². The van der Waals surface area contributed by atoms with Gasteiger partial charge in [-0.3, -0.25) is 4.79 Å². The first-order valence-corrected chi connectivity index (χ1v) is 7.06. The summed E-state index contributed by atoms with van der Waals surface area (Å²) in [5.74, 6) is 0.511. The number of nitrogens with zero attached hydrogens (tertiary/aromatic N) is 1. The van der Waals surface area contributed by atoms with Gasteiger partial charge < -0.3 is 9.64 Å². The van der Waals surface area contributed by atoms with E-state index >= 15 is 0 Å². The summed E-state index contributed by atoms with van der Waals surface area (Å²) in [6.45, 7) is 3.74. The molecule has 1 heterocycles. The van der Waals surface area contributed by atoms with E-state index in [1.165, 1.54) is 11.3 Å². The van der Waals surface area contributed by atoms with Gasteiger partial charge in [0, 0.05) is 26.1 Å². The maximum absolute atomic E-state index is 12.3. The second-order valence-electron chi connectivity index (χ2n) is 3.60. The fraction of sp³-hybridized carbons (Fsp3) is 0.583. The van der Waals surface area contributed by atoms with Gasteiger partial charge >= 0.3 is 0 Å². The van der Waals surface area contributed by atoms with Gasteiger partial charge in [0.15, 0.2) is 0 Å². The molecule has 0 saturated carbocycles. The van der Waals surface area contributed by atoms with Crippen molar-refractivity contribution >= 4 is 28.8 Å². The van der Waals surface area contributed by atoms with E-state index in [-0.39, 0.29) is 5.91 Å². The normalized spacial score (nSPS) is 10.5. The highest BCUT2D eigenvalue weighted by Crippen LogP contribution is 2.19. The minimum absolute atomic E-state index is 0.0644. The van der Waals surface area contributed by atoms with Gasteiger partial charge in [0.2, 0.25) is 0 Å². The van der Waals surface area contributed by atoms with Gasteiger partial charge in [0.1, 0.15) is 0 Å². The van der Waals surface area contributed by atoms with E-state index in [0.29, 0.717) is 25.6 Å². The van der Waals surface area contributed by atoms with E-state index in [9.17, 15) is 4.79 Å². The highest BCUT2D eigenvalue weighted by molar-refractivity contribution is 7.12. The highest BCUT2D eigenvalue weighted by Gasteiger charge is 2.18. The lowest BCUT2D eigenvalue weighted by Gasteiger charge is -2.21. The van der Waals surface area contributed by atoms with E-state index in [1.54, 1.807) is 12.0 Å². The third kappa shape index (κ3) is 3.98. The molecule has 0 saturated heterocycles. The molecule has 0 aromatic carbocycles. The molecule has 0 fully saturated rings. The van der Waals surface area contributed by atoms with Crippen LogP contribution >= 0.6 is 22.9 Å². The molecule has 0 atom stereocenters. The molecule has 1 aromatic rings. The van der Waals surface area contributed by atoms with Crippen LogP contribution in [-0.4, -0.2) is 43.5 Å². The molecule has 0 radical (unpaired) electrons. The summed E-state index contributed by atoms with van der Waals surface area (Å²) in [6.07, 6.45) is 0.879. The molecule has 0 unspecified atom stereocenters. The van der Waals surface area contributed by atoms with E-state index in [4.69, 9.17) is 16.3 Å². The molecule has 5 heteroatoms. The van der Waals surface area contributed by atoms with Gasteiger partial charge in [-0.25, -0.2) is 0 Å². The van der Waals surface area contributed by atoms with Gasteiger partial charge in [-0.2, -0.15) is 0 Å². The minimum atomic E-state index is 0.0644. The van der Waals surface area contributed by atoms with Crippen molar-refractivity contribution in [3.63, 3.8) is 0 Å². The van der Waals surface area contributed by atoms with Crippen molar-refractivity contribution < 1.29 is 9.53 Å². The minimum Gasteiger partial charge on any atom is -0.383 e. The van der Waals surface area contributed by atoms with Crippen LogP contribution in [0.4, 0.5) is 0 Å². The Morgan fingerprint density at radius 2 is 2.29 bits per heavy atom. The summed E-state index contributed by atoms with van der Waals surface area (Å²) in [6, 6.07) is 2.01. The van der Waals surface area contributed by atoms with Crippen LogP contribution in [0.25, 0.3) is 0 Å². The molecule has 3 nitrogen and oxygen atoms in total. The molecule has 0 aliphatic heterocycles. The standard InChI is InChI=1S/C12H18ClNO2S/c1-3-10-4-9-17-11(10)12(15)14(6-5-13)7-8-16-2/h4,9H,3,5-8H2,1-2H3. The number of hydrogen-bond donors (Lipinski definition) is 0. The smallest absolute Gasteiger partial charge is 0.264 e. The largest absolute Gasteiger partial charge is 0.383 e. The molecule has 0 spiro atoms. The zero-order chi connectivity index (χ0) is 12.7. The molecule has 17 heavy (non-hydrogen) atoms. The number of halogens is 1. The summed E-state index contributed by atoms with van der Waals surface area (Å²) in [4.78, 5) is 14.9. The SMILES string of the molecule is CCc1ccsc1C(=O)N(CCCl)CCOC. The predicted octanol–water partition coefficient (Wildman–Crippen LogP) is 2.64. The summed E-state index contributed by atoms with van der Waals surface area (Å²) in [5.41, 5.74) is 1.11. The van der Waals surface area contributed by atoms with Crippen molar-refractivity contribution in [1.82, 2.24) is 4.90 Å². The van der Waals surface area contributed by atoms with Crippen LogP contribution < -0.4 is 0 Å². The van der Waals surface area contributed by atoms with Gasteiger partial charge in [0.05, 0.1) is 11.5 Å². The number of aryl methyl sites for hydroxylation is 1. The third-order valence-corrected chi connectivity index (χ3v) is 3.64. The molecule has 1 amide bonds. The van der Waals surface area contributed by atoms with Gasteiger partial charge in [-0.1, -0.05) is 6.92 Å². The van der Waals surface area contributed by atoms with Crippen LogP contribution in [0.1, 0.15) is 22.2 Å². The Labute approximate surface area is 111 Å². The van der Waals surface area contributed by atoms with E-state index in [0.717, 1.165) is 16.9 Å². The topological polar surface area (TPSA) is 29.5 Å². The Morgan fingerprint density at radius 3 is 2.88 bits per heavy atom. The van der Waals surface area contributed by atoms with Crippen LogP contribution in [0, 0.1) is 0 Å². The maximum atomic E-state index is 12.3. The average Bonchev–Trinajstić information content (AvgIpc) is 2.81. The number of thiophene rings is 1. The molecule has 96 valence electrons. The monoisotopic (exact) mass is 275 g/mol. The second kappa shape index (κ2) is 7.69. The van der Waals surface area contributed by atoms with Gasteiger partial charge in [0.25, 0.3) is 5.91 Å². The Kier molecular flexibility index (Phi) is 6.55. The first-order valence-electron chi connectivity index (χ1n) is 5.65. The van der Waals surface area contributed by atoms with E-state index in [2.05, 4.69) is 6.92 Å².